The number of allylic oxidation sites excluding steroid dienone is 2. The van der Waals surface area contributed by atoms with E-state index in [1.54, 1.807) is 40.2 Å². The topological polar surface area (TPSA) is 170 Å². The molecule has 0 amide bonds. The number of carbonyl (C=O) groups excluding carboxylic acids is 1. The zero-order chi connectivity index (χ0) is 44.0. The highest BCUT2D eigenvalue weighted by atomic mass is 16.7. The number of aliphatic hydroxyl groups excluding tert-OH is 2. The number of esters is 1. The van der Waals surface area contributed by atoms with Gasteiger partial charge in [0.15, 0.2) is 18.4 Å². The Bertz CT molecular complexity index is 1660. The number of fused-ring (bicyclic) bond motifs is 2. The zero-order valence-corrected chi connectivity index (χ0v) is 37.8. The maximum Gasteiger partial charge on any atom is 0.316 e. The summed E-state index contributed by atoms with van der Waals surface area (Å²) in [5, 5.41) is 34.2. The summed E-state index contributed by atoms with van der Waals surface area (Å²) in [5.41, 5.74) is 0.184. The third kappa shape index (κ3) is 9.67. The lowest BCUT2D eigenvalue weighted by Gasteiger charge is -2.50. The lowest BCUT2D eigenvalue weighted by molar-refractivity contribution is -0.340. The maximum absolute atomic E-state index is 14.3. The number of ether oxygens (including phenoxy) is 10. The van der Waals surface area contributed by atoms with E-state index in [0.29, 0.717) is 55.6 Å². The molecule has 7 aliphatic rings. The lowest BCUT2D eigenvalue weighted by Crippen LogP contribution is -2.58. The first-order valence-electron chi connectivity index (χ1n) is 22.6. The van der Waals surface area contributed by atoms with E-state index < -0.39 is 90.8 Å². The molecule has 61 heavy (non-hydrogen) atoms. The van der Waals surface area contributed by atoms with Gasteiger partial charge in [-0.05, 0) is 69.1 Å². The predicted octanol–water partition coefficient (Wildman–Crippen LogP) is 5.21. The van der Waals surface area contributed by atoms with Gasteiger partial charge in [0.25, 0.3) is 0 Å². The van der Waals surface area contributed by atoms with Gasteiger partial charge >= 0.3 is 5.97 Å². The highest BCUT2D eigenvalue weighted by molar-refractivity contribution is 5.78. The molecule has 2 bridgehead atoms. The Morgan fingerprint density at radius 2 is 1.59 bits per heavy atom. The number of methoxy groups -OCH3 is 2. The van der Waals surface area contributed by atoms with E-state index in [4.69, 9.17) is 47.4 Å². The summed E-state index contributed by atoms with van der Waals surface area (Å²) in [7, 11) is 3.22. The standard InChI is InChI=1S/C47H72O14/c1-24(2)41-27(5)16-17-46(61-41)22-33-19-32(60-46)15-14-26(4)42(25(3)12-11-13-31-23-54-44-39(48)28(6)18-34(45(50)57-33)47(31,44)51)58-38-21-36(53-10)43(30(8)56-38)59-37-20-35(52-9)40(49)29(7)55-37/h11-14,18,24-25,27,29-30,32-44,48-49,51H,15-17,19-23H2,1-10H3/b12-11+,26-14-,31-13-/t25-,27-,29-,30-,32+,33+,34-,35+,36-,37-,38-,39+,40-,41+,42-,43-,44-,46+,47-/m0/s1. The van der Waals surface area contributed by atoms with Gasteiger partial charge in [0.05, 0.1) is 49.3 Å². The van der Waals surface area contributed by atoms with Crippen molar-refractivity contribution in [3.8, 4) is 0 Å². The first-order chi connectivity index (χ1) is 29.0. The molecule has 0 radical (unpaired) electrons. The van der Waals surface area contributed by atoms with Crippen LogP contribution < -0.4 is 0 Å². The summed E-state index contributed by atoms with van der Waals surface area (Å²) in [6.45, 7) is 16.2. The Morgan fingerprint density at radius 3 is 2.31 bits per heavy atom. The van der Waals surface area contributed by atoms with E-state index in [0.717, 1.165) is 12.0 Å². The first-order valence-corrected chi connectivity index (χ1v) is 22.6. The zero-order valence-electron chi connectivity index (χ0n) is 37.8. The van der Waals surface area contributed by atoms with E-state index in [-0.39, 0.29) is 36.8 Å². The third-order valence-corrected chi connectivity index (χ3v) is 14.4. The molecule has 0 aromatic rings. The van der Waals surface area contributed by atoms with Gasteiger partial charge in [0.1, 0.15) is 42.0 Å². The Labute approximate surface area is 361 Å². The van der Waals surface area contributed by atoms with Crippen molar-refractivity contribution in [2.75, 3.05) is 20.8 Å². The molecular weight excluding hydrogens is 789 g/mol. The minimum absolute atomic E-state index is 0.0210. The molecule has 344 valence electrons. The number of rotatable bonds is 7. The van der Waals surface area contributed by atoms with Crippen LogP contribution in [0.4, 0.5) is 0 Å². The van der Waals surface area contributed by atoms with E-state index in [2.05, 4.69) is 40.7 Å². The Kier molecular flexibility index (Phi) is 14.8. The Morgan fingerprint density at radius 1 is 0.885 bits per heavy atom. The average Bonchev–Trinajstić information content (AvgIpc) is 3.56. The summed E-state index contributed by atoms with van der Waals surface area (Å²) in [6.07, 6.45) is 5.52. The molecule has 5 saturated heterocycles. The van der Waals surface area contributed by atoms with Crippen LogP contribution in [0.3, 0.4) is 0 Å². The summed E-state index contributed by atoms with van der Waals surface area (Å²) in [6, 6.07) is 0. The van der Waals surface area contributed by atoms with Crippen LogP contribution in [-0.2, 0) is 52.2 Å². The quantitative estimate of drug-likeness (QED) is 0.225. The highest BCUT2D eigenvalue weighted by Gasteiger charge is 2.60. The van der Waals surface area contributed by atoms with Crippen LogP contribution in [0.5, 0.6) is 0 Å². The van der Waals surface area contributed by atoms with E-state index in [9.17, 15) is 20.1 Å². The molecule has 3 N–H and O–H groups in total. The highest BCUT2D eigenvalue weighted by Crippen LogP contribution is 2.48. The van der Waals surface area contributed by atoms with Crippen LogP contribution in [-0.4, -0.2) is 139 Å². The molecule has 14 nitrogen and oxygen atoms in total. The van der Waals surface area contributed by atoms with E-state index in [1.807, 2.05) is 19.1 Å². The molecular formula is C47H72O14. The molecule has 0 aromatic heterocycles. The van der Waals surface area contributed by atoms with Crippen molar-refractivity contribution < 1.29 is 67.5 Å². The predicted molar refractivity (Wildman–Crippen MR) is 223 cm³/mol. The summed E-state index contributed by atoms with van der Waals surface area (Å²) < 4.78 is 63.7. The minimum atomic E-state index is -1.82. The monoisotopic (exact) mass is 860 g/mol. The van der Waals surface area contributed by atoms with Crippen molar-refractivity contribution in [2.45, 2.75) is 198 Å². The van der Waals surface area contributed by atoms with Crippen molar-refractivity contribution in [1.82, 2.24) is 0 Å². The first kappa shape index (κ1) is 46.9. The van der Waals surface area contributed by atoms with Gasteiger partial charge < -0.3 is 62.7 Å². The molecule has 7 rings (SSSR count). The van der Waals surface area contributed by atoms with Crippen LogP contribution in [0.2, 0.25) is 0 Å². The molecule has 5 fully saturated rings. The summed E-state index contributed by atoms with van der Waals surface area (Å²) >= 11 is 0. The second-order valence-corrected chi connectivity index (χ2v) is 19.2. The summed E-state index contributed by atoms with van der Waals surface area (Å²) in [5.74, 6) is -2.15. The van der Waals surface area contributed by atoms with E-state index >= 15 is 0 Å². The number of hydrogen-bond donors (Lipinski definition) is 3. The molecule has 0 unspecified atom stereocenters. The SMILES string of the molecule is CO[C@H]1C[C@H](O[C@@H]2/C(C)=C\C[C@@H]3C[C@H](C[C@]4(CC[C@H](C)[C@@H](C(C)C)O4)O3)OC(=O)[C@@H]3C=C(C)[C@@H](O)[C@@H]4OC/C(=C/C=C/[C@@H]2C)[C@]34O)O[C@@H](C)[C@@H]1O[C@H]1C[C@@H](OC)[C@@H](O)[C@H](C)O1. The van der Waals surface area contributed by atoms with Gasteiger partial charge in [-0.1, -0.05) is 58.1 Å². The van der Waals surface area contributed by atoms with Crippen LogP contribution in [0.25, 0.3) is 0 Å². The smallest absolute Gasteiger partial charge is 0.316 e. The second kappa shape index (κ2) is 19.2. The minimum Gasteiger partial charge on any atom is -0.462 e. The lowest BCUT2D eigenvalue weighted by atomic mass is 9.71. The van der Waals surface area contributed by atoms with Crippen molar-refractivity contribution >= 4 is 5.97 Å². The molecule has 6 aliphatic heterocycles. The molecule has 0 saturated carbocycles. The van der Waals surface area contributed by atoms with Crippen LogP contribution in [0, 0.1) is 23.7 Å². The van der Waals surface area contributed by atoms with Crippen molar-refractivity contribution in [1.29, 1.82) is 0 Å². The van der Waals surface area contributed by atoms with Crippen LogP contribution in [0.1, 0.15) is 100 Å². The molecule has 6 heterocycles. The largest absolute Gasteiger partial charge is 0.462 e. The molecule has 14 heteroatoms. The number of hydrogen-bond acceptors (Lipinski definition) is 14. The average molecular weight is 861 g/mol. The summed E-state index contributed by atoms with van der Waals surface area (Å²) in [4.78, 5) is 14.3. The van der Waals surface area contributed by atoms with Crippen molar-refractivity contribution in [2.24, 2.45) is 23.7 Å². The number of aliphatic hydroxyl groups is 3. The fourth-order valence-corrected chi connectivity index (χ4v) is 10.8. The fraction of sp³-hybridized carbons (Fsp3) is 0.809. The third-order valence-electron chi connectivity index (χ3n) is 14.4. The van der Waals surface area contributed by atoms with Crippen molar-refractivity contribution in [3.63, 3.8) is 0 Å². The Balaban J connectivity index is 1.17. The normalized spacial score (nSPS) is 49.6. The number of carbonyl (C=O) groups is 1. The van der Waals surface area contributed by atoms with E-state index in [1.165, 1.54) is 0 Å². The van der Waals surface area contributed by atoms with Gasteiger partial charge in [0, 0.05) is 52.2 Å². The molecule has 1 spiro atoms. The van der Waals surface area contributed by atoms with Crippen LogP contribution >= 0.6 is 0 Å². The molecule has 1 aliphatic carbocycles. The maximum atomic E-state index is 14.3. The Hall–Kier alpha value is -2.05. The van der Waals surface area contributed by atoms with Gasteiger partial charge in [0.2, 0.25) is 0 Å². The second-order valence-electron chi connectivity index (χ2n) is 19.2. The van der Waals surface area contributed by atoms with Gasteiger partial charge in [-0.2, -0.15) is 0 Å². The fourth-order valence-electron chi connectivity index (χ4n) is 10.8. The van der Waals surface area contributed by atoms with Gasteiger partial charge in [-0.3, -0.25) is 4.79 Å². The van der Waals surface area contributed by atoms with Crippen molar-refractivity contribution in [3.05, 3.63) is 47.1 Å². The van der Waals surface area contributed by atoms with Gasteiger partial charge in [-0.25, -0.2) is 0 Å². The van der Waals surface area contributed by atoms with Crippen LogP contribution in [0.15, 0.2) is 47.1 Å². The molecule has 19 atom stereocenters. The molecule has 0 aromatic carbocycles. The van der Waals surface area contributed by atoms with Gasteiger partial charge in [-0.15, -0.1) is 0 Å².